The predicted molar refractivity (Wildman–Crippen MR) is 222 cm³/mol. The topological polar surface area (TPSA) is 29.5 Å². The van der Waals surface area contributed by atoms with Crippen molar-refractivity contribution < 1.29 is 8.83 Å². The van der Waals surface area contributed by atoms with E-state index >= 15 is 0 Å². The summed E-state index contributed by atoms with van der Waals surface area (Å²) in [7, 11) is 0. The molecule has 0 atom stereocenters. The Bertz CT molecular complexity index is 3200. The van der Waals surface area contributed by atoms with Gasteiger partial charge in [0.25, 0.3) is 0 Å². The molecule has 0 spiro atoms. The minimum absolute atomic E-state index is 0.857. The van der Waals surface area contributed by atoms with E-state index in [-0.39, 0.29) is 0 Å². The lowest BCUT2D eigenvalue weighted by molar-refractivity contribution is 0.669. The highest BCUT2D eigenvalue weighted by Gasteiger charge is 2.21. The Morgan fingerprint density at radius 3 is 1.81 bits per heavy atom. The van der Waals surface area contributed by atoms with E-state index in [0.29, 0.717) is 0 Å². The van der Waals surface area contributed by atoms with Crippen molar-refractivity contribution >= 4 is 82.5 Å². The normalized spacial score (nSPS) is 11.8. The van der Waals surface area contributed by atoms with E-state index in [4.69, 9.17) is 8.83 Å². The van der Waals surface area contributed by atoms with E-state index in [9.17, 15) is 0 Å². The maximum Gasteiger partial charge on any atom is 0.143 e. The Balaban J connectivity index is 1.14. The van der Waals surface area contributed by atoms with E-state index < -0.39 is 0 Å². The molecule has 0 bridgehead atoms. The number of benzene rings is 9. The second-order valence-electron chi connectivity index (χ2n) is 13.7. The molecule has 0 radical (unpaired) electrons. The number of nitrogens with zero attached hydrogens (tertiary/aromatic N) is 1. The fourth-order valence-corrected chi connectivity index (χ4v) is 8.17. The van der Waals surface area contributed by atoms with Crippen molar-refractivity contribution in [2.75, 3.05) is 4.90 Å². The molecule has 11 rings (SSSR count). The molecule has 0 saturated heterocycles. The van der Waals surface area contributed by atoms with Gasteiger partial charge >= 0.3 is 0 Å². The van der Waals surface area contributed by atoms with Crippen molar-refractivity contribution in [1.82, 2.24) is 0 Å². The Kier molecular flexibility index (Phi) is 6.55. The highest BCUT2D eigenvalue weighted by atomic mass is 16.3. The van der Waals surface area contributed by atoms with Gasteiger partial charge in [0.05, 0.1) is 11.1 Å². The molecule has 0 aliphatic heterocycles. The minimum Gasteiger partial charge on any atom is -0.456 e. The van der Waals surface area contributed by atoms with Crippen LogP contribution in [0, 0.1) is 0 Å². The highest BCUT2D eigenvalue weighted by Crippen LogP contribution is 2.46. The van der Waals surface area contributed by atoms with Crippen LogP contribution in [-0.4, -0.2) is 0 Å². The second-order valence-corrected chi connectivity index (χ2v) is 13.7. The monoisotopic (exact) mass is 677 g/mol. The Hall–Kier alpha value is -7.10. The van der Waals surface area contributed by atoms with Gasteiger partial charge in [-0.3, -0.25) is 0 Å². The van der Waals surface area contributed by atoms with Crippen molar-refractivity contribution in [2.45, 2.75) is 0 Å². The summed E-state index contributed by atoms with van der Waals surface area (Å²) < 4.78 is 13.0. The van der Waals surface area contributed by atoms with E-state index in [2.05, 4.69) is 181 Å². The number of hydrogen-bond acceptors (Lipinski definition) is 3. The summed E-state index contributed by atoms with van der Waals surface area (Å²) in [4.78, 5) is 2.38. The summed E-state index contributed by atoms with van der Waals surface area (Å²) in [6, 6.07) is 66.9. The number of para-hydroxylation sites is 1. The third kappa shape index (κ3) is 4.75. The molecule has 0 saturated carbocycles. The molecule has 3 nitrogen and oxygen atoms in total. The van der Waals surface area contributed by atoms with Crippen LogP contribution in [0.2, 0.25) is 0 Å². The Morgan fingerprint density at radius 2 is 0.943 bits per heavy atom. The molecule has 2 heterocycles. The van der Waals surface area contributed by atoms with Gasteiger partial charge in [-0.25, -0.2) is 0 Å². The molecule has 0 amide bonds. The van der Waals surface area contributed by atoms with Crippen LogP contribution in [0.25, 0.3) is 87.7 Å². The van der Waals surface area contributed by atoms with E-state index in [1.54, 1.807) is 0 Å². The van der Waals surface area contributed by atoms with Crippen LogP contribution < -0.4 is 4.90 Å². The van der Waals surface area contributed by atoms with Gasteiger partial charge in [-0.1, -0.05) is 127 Å². The van der Waals surface area contributed by atoms with Crippen LogP contribution in [0.5, 0.6) is 0 Å². The lowest BCUT2D eigenvalue weighted by Crippen LogP contribution is -2.10. The standard InChI is InChI=1S/C50H31NO2/c1-3-18-39-32(11-1)13-9-21-40(39)36-15-8-17-38(30-36)51(45-22-10-24-47-49(45)44-28-25-33-12-2-4-19-41(33)50(44)53-47)37-16-7-14-34(29-37)35-26-27-43-42-20-5-6-23-46(42)52-48(43)31-35/h1-31H. The van der Waals surface area contributed by atoms with Crippen LogP contribution in [0.1, 0.15) is 0 Å². The zero-order chi connectivity index (χ0) is 34.9. The van der Waals surface area contributed by atoms with Gasteiger partial charge < -0.3 is 13.7 Å². The first-order valence-corrected chi connectivity index (χ1v) is 18.0. The van der Waals surface area contributed by atoms with Gasteiger partial charge in [-0.05, 0) is 99.1 Å². The first-order chi connectivity index (χ1) is 26.3. The van der Waals surface area contributed by atoms with Gasteiger partial charge in [0.1, 0.15) is 22.3 Å². The van der Waals surface area contributed by atoms with E-state index in [1.807, 2.05) is 12.1 Å². The average Bonchev–Trinajstić information content (AvgIpc) is 3.80. The Morgan fingerprint density at radius 1 is 0.340 bits per heavy atom. The maximum absolute atomic E-state index is 6.69. The zero-order valence-corrected chi connectivity index (χ0v) is 28.7. The second kappa shape index (κ2) is 11.7. The third-order valence-corrected chi connectivity index (χ3v) is 10.6. The van der Waals surface area contributed by atoms with Gasteiger partial charge in [-0.2, -0.15) is 0 Å². The summed E-state index contributed by atoms with van der Waals surface area (Å²) in [5, 5.41) is 9.16. The molecule has 53 heavy (non-hydrogen) atoms. The first kappa shape index (κ1) is 29.6. The minimum atomic E-state index is 0.857. The summed E-state index contributed by atoms with van der Waals surface area (Å²) >= 11 is 0. The van der Waals surface area contributed by atoms with Gasteiger partial charge in [0, 0.05) is 32.9 Å². The van der Waals surface area contributed by atoms with E-state index in [0.717, 1.165) is 88.4 Å². The van der Waals surface area contributed by atoms with Gasteiger partial charge in [-0.15, -0.1) is 0 Å². The molecule has 0 aliphatic carbocycles. The van der Waals surface area contributed by atoms with Crippen LogP contribution in [0.3, 0.4) is 0 Å². The number of anilines is 3. The number of fused-ring (bicyclic) bond motifs is 9. The first-order valence-electron chi connectivity index (χ1n) is 18.0. The predicted octanol–water partition coefficient (Wildman–Crippen LogP) is 14.6. The average molecular weight is 678 g/mol. The highest BCUT2D eigenvalue weighted by molar-refractivity contribution is 6.19. The zero-order valence-electron chi connectivity index (χ0n) is 28.7. The molecule has 0 fully saturated rings. The summed E-state index contributed by atoms with van der Waals surface area (Å²) in [6.07, 6.45) is 0. The van der Waals surface area contributed by atoms with Crippen LogP contribution in [0.15, 0.2) is 197 Å². The molecule has 3 heteroatoms. The SMILES string of the molecule is c1cc(-c2ccc3c(c2)oc2ccccc23)cc(N(c2cccc(-c3cccc4ccccc34)c2)c2cccc3oc4c5ccccc5ccc4c23)c1. The summed E-state index contributed by atoms with van der Waals surface area (Å²) in [5.41, 5.74) is 11.3. The molecular formula is C50H31NO2. The maximum atomic E-state index is 6.69. The Labute approximate surface area is 305 Å². The summed E-state index contributed by atoms with van der Waals surface area (Å²) in [5.74, 6) is 0. The fraction of sp³-hybridized carbons (Fsp3) is 0. The van der Waals surface area contributed by atoms with Crippen molar-refractivity contribution in [1.29, 1.82) is 0 Å². The van der Waals surface area contributed by atoms with E-state index in [1.165, 1.54) is 16.3 Å². The lowest BCUT2D eigenvalue weighted by atomic mass is 9.97. The molecule has 2 aromatic heterocycles. The number of hydrogen-bond donors (Lipinski definition) is 0. The molecule has 0 unspecified atom stereocenters. The molecule has 0 aliphatic rings. The fourth-order valence-electron chi connectivity index (χ4n) is 8.17. The number of rotatable bonds is 5. The quantitative estimate of drug-likeness (QED) is 0.182. The molecule has 0 N–H and O–H groups in total. The smallest absolute Gasteiger partial charge is 0.143 e. The van der Waals surface area contributed by atoms with Crippen LogP contribution >= 0.6 is 0 Å². The molecule has 248 valence electrons. The third-order valence-electron chi connectivity index (χ3n) is 10.6. The molecule has 11 aromatic rings. The lowest BCUT2D eigenvalue weighted by Gasteiger charge is -2.27. The van der Waals surface area contributed by atoms with Crippen molar-refractivity contribution in [3.8, 4) is 22.3 Å². The largest absolute Gasteiger partial charge is 0.456 e. The van der Waals surface area contributed by atoms with Crippen molar-refractivity contribution in [3.63, 3.8) is 0 Å². The van der Waals surface area contributed by atoms with Crippen molar-refractivity contribution in [2.24, 2.45) is 0 Å². The number of furan rings is 2. The summed E-state index contributed by atoms with van der Waals surface area (Å²) in [6.45, 7) is 0. The molecular weight excluding hydrogens is 647 g/mol. The molecule has 9 aromatic carbocycles. The van der Waals surface area contributed by atoms with Crippen molar-refractivity contribution in [3.05, 3.63) is 188 Å². The van der Waals surface area contributed by atoms with Crippen LogP contribution in [0.4, 0.5) is 17.1 Å². The van der Waals surface area contributed by atoms with Crippen LogP contribution in [-0.2, 0) is 0 Å². The van der Waals surface area contributed by atoms with Gasteiger partial charge in [0.2, 0.25) is 0 Å². The van der Waals surface area contributed by atoms with Gasteiger partial charge in [0.15, 0.2) is 0 Å².